The van der Waals surface area contributed by atoms with Crippen LogP contribution in [0.25, 0.3) is 0 Å². The van der Waals surface area contributed by atoms with Crippen molar-refractivity contribution in [3.63, 3.8) is 0 Å². The standard InChI is InChI=1S/C20H27N3O3/c1-14(2)12-22-10-8-20(9-11-22)18(25)23(19(26)21-20)13-17(24)16-6-4-15(3)5-7-16/h4-7,14H,8-13H2,1-3H3,(H,21,26). The lowest BCUT2D eigenvalue weighted by Crippen LogP contribution is -2.55. The number of Topliss-reactive ketones (excluding diaryl/α,β-unsaturated/α-hetero) is 1. The number of carbonyl (C=O) groups is 3. The Morgan fingerprint density at radius 3 is 2.35 bits per heavy atom. The summed E-state index contributed by atoms with van der Waals surface area (Å²) in [5, 5.41) is 2.87. The zero-order chi connectivity index (χ0) is 18.9. The fraction of sp³-hybridized carbons (Fsp3) is 0.550. The fourth-order valence-electron chi connectivity index (χ4n) is 3.77. The summed E-state index contributed by atoms with van der Waals surface area (Å²) in [6.45, 7) is 8.64. The van der Waals surface area contributed by atoms with E-state index in [4.69, 9.17) is 0 Å². The van der Waals surface area contributed by atoms with Crippen LogP contribution in [0.2, 0.25) is 0 Å². The lowest BCUT2D eigenvalue weighted by Gasteiger charge is -2.37. The van der Waals surface area contributed by atoms with Gasteiger partial charge in [-0.25, -0.2) is 4.79 Å². The van der Waals surface area contributed by atoms with Crippen molar-refractivity contribution in [2.24, 2.45) is 5.92 Å². The molecule has 0 aromatic heterocycles. The Kier molecular flexibility index (Phi) is 5.14. The van der Waals surface area contributed by atoms with Gasteiger partial charge in [-0.15, -0.1) is 0 Å². The van der Waals surface area contributed by atoms with E-state index in [1.54, 1.807) is 12.1 Å². The Labute approximate surface area is 154 Å². The molecule has 26 heavy (non-hydrogen) atoms. The van der Waals surface area contributed by atoms with Crippen molar-refractivity contribution in [1.82, 2.24) is 15.1 Å². The number of amides is 3. The minimum Gasteiger partial charge on any atom is -0.323 e. The van der Waals surface area contributed by atoms with Crippen molar-refractivity contribution < 1.29 is 14.4 Å². The number of hydrogen-bond donors (Lipinski definition) is 1. The number of rotatable bonds is 5. The fourth-order valence-corrected chi connectivity index (χ4v) is 3.77. The van der Waals surface area contributed by atoms with Crippen LogP contribution < -0.4 is 5.32 Å². The number of aryl methyl sites for hydroxylation is 1. The maximum absolute atomic E-state index is 12.9. The minimum atomic E-state index is -0.835. The van der Waals surface area contributed by atoms with Gasteiger partial charge in [0.05, 0.1) is 6.54 Å². The Balaban J connectivity index is 1.66. The predicted molar refractivity (Wildman–Crippen MR) is 99.0 cm³/mol. The summed E-state index contributed by atoms with van der Waals surface area (Å²) in [6.07, 6.45) is 1.19. The minimum absolute atomic E-state index is 0.203. The zero-order valence-electron chi connectivity index (χ0n) is 15.7. The second kappa shape index (κ2) is 7.19. The molecule has 3 amide bonds. The van der Waals surface area contributed by atoms with Gasteiger partial charge in [0.1, 0.15) is 5.54 Å². The molecular weight excluding hydrogens is 330 g/mol. The number of carbonyl (C=O) groups excluding carboxylic acids is 3. The van der Waals surface area contributed by atoms with E-state index in [-0.39, 0.29) is 18.2 Å². The van der Waals surface area contributed by atoms with Crippen LogP contribution in [0.15, 0.2) is 24.3 Å². The molecule has 6 nitrogen and oxygen atoms in total. The van der Waals surface area contributed by atoms with Gasteiger partial charge >= 0.3 is 6.03 Å². The summed E-state index contributed by atoms with van der Waals surface area (Å²) in [6, 6.07) is 6.72. The lowest BCUT2D eigenvalue weighted by molar-refractivity contribution is -0.132. The number of piperidine rings is 1. The first-order chi connectivity index (χ1) is 12.3. The van der Waals surface area contributed by atoms with Crippen molar-refractivity contribution >= 4 is 17.7 Å². The van der Waals surface area contributed by atoms with Crippen LogP contribution in [-0.2, 0) is 4.79 Å². The third kappa shape index (κ3) is 3.65. The average Bonchev–Trinajstić information content (AvgIpc) is 2.81. The number of ketones is 1. The normalized spacial score (nSPS) is 20.1. The Bertz CT molecular complexity index is 704. The highest BCUT2D eigenvalue weighted by Gasteiger charge is 2.52. The van der Waals surface area contributed by atoms with E-state index in [1.807, 2.05) is 19.1 Å². The third-order valence-electron chi connectivity index (χ3n) is 5.25. The molecule has 2 saturated heterocycles. The maximum Gasteiger partial charge on any atom is 0.325 e. The van der Waals surface area contributed by atoms with Crippen molar-refractivity contribution in [3.8, 4) is 0 Å². The van der Waals surface area contributed by atoms with E-state index >= 15 is 0 Å². The topological polar surface area (TPSA) is 69.7 Å². The molecule has 1 N–H and O–H groups in total. The van der Waals surface area contributed by atoms with Crippen LogP contribution in [0.3, 0.4) is 0 Å². The van der Waals surface area contributed by atoms with Crippen LogP contribution in [0.4, 0.5) is 4.79 Å². The molecule has 6 heteroatoms. The van der Waals surface area contributed by atoms with Crippen molar-refractivity contribution in [1.29, 1.82) is 0 Å². The number of hydrogen-bond acceptors (Lipinski definition) is 4. The summed E-state index contributed by atoms with van der Waals surface area (Å²) < 4.78 is 0. The number of likely N-dealkylation sites (tertiary alicyclic amines) is 1. The highest BCUT2D eigenvalue weighted by molar-refractivity contribution is 6.11. The summed E-state index contributed by atoms with van der Waals surface area (Å²) in [5.41, 5.74) is 0.741. The second-order valence-electron chi connectivity index (χ2n) is 7.89. The SMILES string of the molecule is Cc1ccc(C(=O)CN2C(=O)NC3(CCN(CC(C)C)CC3)C2=O)cc1. The first kappa shape index (κ1) is 18.6. The summed E-state index contributed by atoms with van der Waals surface area (Å²) >= 11 is 0. The largest absolute Gasteiger partial charge is 0.325 e. The monoisotopic (exact) mass is 357 g/mol. The molecule has 140 valence electrons. The molecule has 0 radical (unpaired) electrons. The first-order valence-electron chi connectivity index (χ1n) is 9.27. The summed E-state index contributed by atoms with van der Waals surface area (Å²) in [4.78, 5) is 41.2. The van der Waals surface area contributed by atoms with Crippen molar-refractivity contribution in [2.75, 3.05) is 26.2 Å². The number of nitrogens with zero attached hydrogens (tertiary/aromatic N) is 2. The van der Waals surface area contributed by atoms with Gasteiger partial charge in [-0.1, -0.05) is 43.7 Å². The molecular formula is C20H27N3O3. The number of benzene rings is 1. The molecule has 0 atom stereocenters. The molecule has 2 aliphatic rings. The van der Waals surface area contributed by atoms with Gasteiger partial charge in [-0.05, 0) is 25.7 Å². The lowest BCUT2D eigenvalue weighted by atomic mass is 9.87. The Morgan fingerprint density at radius 2 is 1.77 bits per heavy atom. The van der Waals surface area contributed by atoms with E-state index in [2.05, 4.69) is 24.1 Å². The third-order valence-corrected chi connectivity index (χ3v) is 5.25. The van der Waals surface area contributed by atoms with Gasteiger partial charge in [-0.3, -0.25) is 14.5 Å². The molecule has 3 rings (SSSR count). The van der Waals surface area contributed by atoms with Crippen LogP contribution >= 0.6 is 0 Å². The van der Waals surface area contributed by atoms with Gasteiger partial charge in [0.2, 0.25) is 0 Å². The first-order valence-corrected chi connectivity index (χ1v) is 9.27. The zero-order valence-corrected chi connectivity index (χ0v) is 15.7. The van der Waals surface area contributed by atoms with Crippen LogP contribution in [0, 0.1) is 12.8 Å². The predicted octanol–water partition coefficient (Wildman–Crippen LogP) is 2.22. The van der Waals surface area contributed by atoms with Crippen molar-refractivity contribution in [3.05, 3.63) is 35.4 Å². The molecule has 2 aliphatic heterocycles. The molecule has 0 unspecified atom stereocenters. The van der Waals surface area contributed by atoms with Crippen LogP contribution in [0.5, 0.6) is 0 Å². The molecule has 1 aromatic rings. The molecule has 1 aromatic carbocycles. The van der Waals surface area contributed by atoms with E-state index in [9.17, 15) is 14.4 Å². The quantitative estimate of drug-likeness (QED) is 0.648. The summed E-state index contributed by atoms with van der Waals surface area (Å²) in [7, 11) is 0. The van der Waals surface area contributed by atoms with Gasteiger partial charge in [-0.2, -0.15) is 0 Å². The number of nitrogens with one attached hydrogen (secondary N) is 1. The van der Waals surface area contributed by atoms with Gasteiger partial charge in [0, 0.05) is 25.2 Å². The molecule has 2 heterocycles. The molecule has 0 aliphatic carbocycles. The molecule has 1 spiro atoms. The Morgan fingerprint density at radius 1 is 1.15 bits per heavy atom. The van der Waals surface area contributed by atoms with Gasteiger partial charge < -0.3 is 10.2 Å². The highest BCUT2D eigenvalue weighted by Crippen LogP contribution is 2.30. The van der Waals surface area contributed by atoms with E-state index < -0.39 is 11.6 Å². The molecule has 0 saturated carbocycles. The molecule has 0 bridgehead atoms. The number of imide groups is 1. The van der Waals surface area contributed by atoms with Crippen LogP contribution in [0.1, 0.15) is 42.6 Å². The van der Waals surface area contributed by atoms with Crippen molar-refractivity contribution in [2.45, 2.75) is 39.2 Å². The summed E-state index contributed by atoms with van der Waals surface area (Å²) in [5.74, 6) is 0.0940. The molecule has 2 fully saturated rings. The highest BCUT2D eigenvalue weighted by atomic mass is 16.2. The average molecular weight is 357 g/mol. The van der Waals surface area contributed by atoms with E-state index in [1.165, 1.54) is 0 Å². The van der Waals surface area contributed by atoms with E-state index in [0.717, 1.165) is 30.1 Å². The number of urea groups is 1. The van der Waals surface area contributed by atoms with Crippen LogP contribution in [-0.4, -0.2) is 59.2 Å². The second-order valence-corrected chi connectivity index (χ2v) is 7.89. The smallest absolute Gasteiger partial charge is 0.323 e. The Hall–Kier alpha value is -2.21. The van der Waals surface area contributed by atoms with Gasteiger partial charge in [0.25, 0.3) is 5.91 Å². The van der Waals surface area contributed by atoms with Gasteiger partial charge in [0.15, 0.2) is 5.78 Å². The maximum atomic E-state index is 12.9. The van der Waals surface area contributed by atoms with E-state index in [0.29, 0.717) is 24.3 Å².